The molecular formula is C12H12N2O4S. The number of carboxylic acid groups (broad SMARTS) is 1. The number of benzene rings is 1. The number of carbonyl (C=O) groups is 1. The lowest BCUT2D eigenvalue weighted by Gasteiger charge is -2.05. The van der Waals surface area contributed by atoms with Gasteiger partial charge in [0, 0.05) is 12.4 Å². The Morgan fingerprint density at radius 1 is 1.26 bits per heavy atom. The number of hydrogen-bond acceptors (Lipinski definition) is 4. The highest BCUT2D eigenvalue weighted by Crippen LogP contribution is 2.13. The molecule has 0 aliphatic carbocycles. The first kappa shape index (κ1) is 13.3. The maximum atomic E-state index is 12.0. The molecule has 7 heteroatoms. The molecular weight excluding hydrogens is 268 g/mol. The van der Waals surface area contributed by atoms with Crippen LogP contribution in [0.2, 0.25) is 0 Å². The largest absolute Gasteiger partial charge is 0.478 e. The lowest BCUT2D eigenvalue weighted by molar-refractivity contribution is 0.0697. The fourth-order valence-corrected chi connectivity index (χ4v) is 2.78. The van der Waals surface area contributed by atoms with Crippen LogP contribution in [0.3, 0.4) is 0 Å². The van der Waals surface area contributed by atoms with Gasteiger partial charge in [-0.15, -0.1) is 0 Å². The highest BCUT2D eigenvalue weighted by Gasteiger charge is 2.15. The Morgan fingerprint density at radius 3 is 2.47 bits per heavy atom. The van der Waals surface area contributed by atoms with Gasteiger partial charge in [-0.05, 0) is 30.3 Å². The second-order valence-corrected chi connectivity index (χ2v) is 6.03. The third-order valence-electron chi connectivity index (χ3n) is 2.61. The molecule has 0 atom stereocenters. The molecule has 0 aliphatic rings. The normalized spacial score (nSPS) is 11.4. The second-order valence-electron chi connectivity index (χ2n) is 3.92. The van der Waals surface area contributed by atoms with E-state index in [9.17, 15) is 13.2 Å². The third-order valence-corrected chi connectivity index (χ3v) is 4.32. The molecule has 0 spiro atoms. The van der Waals surface area contributed by atoms with Gasteiger partial charge in [0.1, 0.15) is 0 Å². The predicted octanol–water partition coefficient (Wildman–Crippen LogP) is 1.06. The van der Waals surface area contributed by atoms with E-state index in [1.807, 2.05) is 0 Å². The minimum absolute atomic E-state index is 0.0611. The van der Waals surface area contributed by atoms with Crippen molar-refractivity contribution in [2.75, 3.05) is 5.75 Å². The summed E-state index contributed by atoms with van der Waals surface area (Å²) in [4.78, 5) is 10.8. The molecule has 0 unspecified atom stereocenters. The topological polar surface area (TPSA) is 89.3 Å². The Bertz CT molecular complexity index is 660. The molecule has 2 rings (SSSR count). The Balaban J connectivity index is 2.13. The van der Waals surface area contributed by atoms with Crippen LogP contribution in [0.15, 0.2) is 47.6 Å². The van der Waals surface area contributed by atoms with Gasteiger partial charge in [0.05, 0.1) is 22.8 Å². The molecule has 1 heterocycles. The van der Waals surface area contributed by atoms with Gasteiger partial charge >= 0.3 is 5.97 Å². The van der Waals surface area contributed by atoms with Gasteiger partial charge in [0.2, 0.25) is 0 Å². The lowest BCUT2D eigenvalue weighted by atomic mass is 10.2. The van der Waals surface area contributed by atoms with Crippen LogP contribution >= 0.6 is 0 Å². The average molecular weight is 280 g/mol. The predicted molar refractivity (Wildman–Crippen MR) is 67.7 cm³/mol. The van der Waals surface area contributed by atoms with E-state index in [2.05, 4.69) is 5.10 Å². The van der Waals surface area contributed by atoms with Crippen molar-refractivity contribution in [3.8, 4) is 0 Å². The number of nitrogens with zero attached hydrogens (tertiary/aromatic N) is 2. The van der Waals surface area contributed by atoms with Crippen molar-refractivity contribution in [2.45, 2.75) is 11.4 Å². The van der Waals surface area contributed by atoms with Crippen molar-refractivity contribution in [3.05, 3.63) is 48.3 Å². The van der Waals surface area contributed by atoms with Gasteiger partial charge in [-0.3, -0.25) is 4.68 Å². The molecule has 100 valence electrons. The number of rotatable bonds is 5. The Hall–Kier alpha value is -2.15. The number of hydrogen-bond donors (Lipinski definition) is 1. The summed E-state index contributed by atoms with van der Waals surface area (Å²) in [6.45, 7) is 0.260. The first-order valence-corrected chi connectivity index (χ1v) is 7.18. The molecule has 6 nitrogen and oxygen atoms in total. The summed E-state index contributed by atoms with van der Waals surface area (Å²) < 4.78 is 25.6. The van der Waals surface area contributed by atoms with Crippen molar-refractivity contribution >= 4 is 15.8 Å². The van der Waals surface area contributed by atoms with Crippen molar-refractivity contribution in [3.63, 3.8) is 0 Å². The van der Waals surface area contributed by atoms with Gasteiger partial charge < -0.3 is 5.11 Å². The fraction of sp³-hybridized carbons (Fsp3) is 0.167. The number of aromatic nitrogens is 2. The molecule has 1 aromatic heterocycles. The van der Waals surface area contributed by atoms with Crippen LogP contribution in [-0.2, 0) is 16.4 Å². The summed E-state index contributed by atoms with van der Waals surface area (Å²) in [6.07, 6.45) is 3.26. The maximum Gasteiger partial charge on any atom is 0.335 e. The molecule has 1 aromatic carbocycles. The monoisotopic (exact) mass is 280 g/mol. The van der Waals surface area contributed by atoms with E-state index in [0.29, 0.717) is 0 Å². The SMILES string of the molecule is O=C(O)c1ccc(S(=O)(=O)CCn2cccn2)cc1. The van der Waals surface area contributed by atoms with Gasteiger partial charge in [0.25, 0.3) is 0 Å². The second kappa shape index (κ2) is 5.23. The van der Waals surface area contributed by atoms with E-state index in [0.717, 1.165) is 0 Å². The Kier molecular flexibility index (Phi) is 3.66. The van der Waals surface area contributed by atoms with Crippen LogP contribution in [0.1, 0.15) is 10.4 Å². The summed E-state index contributed by atoms with van der Waals surface area (Å²) in [5.41, 5.74) is 0.0611. The van der Waals surface area contributed by atoms with Crippen molar-refractivity contribution in [1.82, 2.24) is 9.78 Å². The number of aryl methyl sites for hydroxylation is 1. The molecule has 0 aliphatic heterocycles. The molecule has 1 N–H and O–H groups in total. The Morgan fingerprint density at radius 2 is 1.95 bits per heavy atom. The van der Waals surface area contributed by atoms with Crippen LogP contribution in [0, 0.1) is 0 Å². The van der Waals surface area contributed by atoms with Crippen LogP contribution in [0.4, 0.5) is 0 Å². The molecule has 0 saturated carbocycles. The van der Waals surface area contributed by atoms with Crippen LogP contribution in [0.25, 0.3) is 0 Å². The number of carboxylic acids is 1. The van der Waals surface area contributed by atoms with E-state index >= 15 is 0 Å². The van der Waals surface area contributed by atoms with E-state index in [-0.39, 0.29) is 22.8 Å². The van der Waals surface area contributed by atoms with Crippen LogP contribution in [-0.4, -0.2) is 35.0 Å². The van der Waals surface area contributed by atoms with E-state index < -0.39 is 15.8 Å². The van der Waals surface area contributed by atoms with E-state index in [4.69, 9.17) is 5.11 Å². The highest BCUT2D eigenvalue weighted by molar-refractivity contribution is 7.91. The smallest absolute Gasteiger partial charge is 0.335 e. The molecule has 0 amide bonds. The minimum atomic E-state index is -3.43. The van der Waals surface area contributed by atoms with Gasteiger partial charge in [-0.2, -0.15) is 5.10 Å². The van der Waals surface area contributed by atoms with E-state index in [1.54, 1.807) is 18.5 Å². The first-order chi connectivity index (χ1) is 8.99. The van der Waals surface area contributed by atoms with Gasteiger partial charge in [-0.1, -0.05) is 0 Å². The zero-order chi connectivity index (χ0) is 13.9. The zero-order valence-corrected chi connectivity index (χ0v) is 10.7. The van der Waals surface area contributed by atoms with Gasteiger partial charge in [0.15, 0.2) is 9.84 Å². The first-order valence-electron chi connectivity index (χ1n) is 5.52. The zero-order valence-electron chi connectivity index (χ0n) is 9.93. The number of sulfone groups is 1. The molecule has 0 saturated heterocycles. The van der Waals surface area contributed by atoms with Crippen LogP contribution in [0.5, 0.6) is 0 Å². The standard InChI is InChI=1S/C12H12N2O4S/c15-12(16)10-2-4-11(5-3-10)19(17,18)9-8-14-7-1-6-13-14/h1-7H,8-9H2,(H,15,16). The molecule has 0 radical (unpaired) electrons. The molecule has 2 aromatic rings. The maximum absolute atomic E-state index is 12.0. The van der Waals surface area contributed by atoms with E-state index in [1.165, 1.54) is 28.9 Å². The van der Waals surface area contributed by atoms with Crippen LogP contribution < -0.4 is 0 Å². The summed E-state index contributed by atoms with van der Waals surface area (Å²) in [6, 6.07) is 6.89. The summed E-state index contributed by atoms with van der Waals surface area (Å²) in [7, 11) is -3.43. The molecule has 0 bridgehead atoms. The fourth-order valence-electron chi connectivity index (χ4n) is 1.57. The third kappa shape index (κ3) is 3.19. The quantitative estimate of drug-likeness (QED) is 0.884. The van der Waals surface area contributed by atoms with Crippen molar-refractivity contribution in [2.24, 2.45) is 0 Å². The summed E-state index contributed by atoms with van der Waals surface area (Å²) in [5.74, 6) is -1.17. The molecule has 0 fully saturated rings. The van der Waals surface area contributed by atoms with Gasteiger partial charge in [-0.25, -0.2) is 13.2 Å². The van der Waals surface area contributed by atoms with Crippen molar-refractivity contribution in [1.29, 1.82) is 0 Å². The highest BCUT2D eigenvalue weighted by atomic mass is 32.2. The summed E-state index contributed by atoms with van der Waals surface area (Å²) >= 11 is 0. The summed E-state index contributed by atoms with van der Waals surface area (Å²) in [5, 5.41) is 12.7. The average Bonchev–Trinajstić information content (AvgIpc) is 2.90. The Labute approximate surface area is 110 Å². The molecule has 19 heavy (non-hydrogen) atoms. The minimum Gasteiger partial charge on any atom is -0.478 e. The lowest BCUT2D eigenvalue weighted by Crippen LogP contribution is -2.13. The number of aromatic carboxylic acids is 1. The van der Waals surface area contributed by atoms with Crippen molar-refractivity contribution < 1.29 is 18.3 Å².